The molecule has 11 heavy (non-hydrogen) atoms. The van der Waals surface area contributed by atoms with Gasteiger partial charge in [0.25, 0.3) is 0 Å². The van der Waals surface area contributed by atoms with Gasteiger partial charge in [0.05, 0.1) is 6.61 Å². The molecule has 0 fully saturated rings. The molecule has 0 aliphatic carbocycles. The summed E-state index contributed by atoms with van der Waals surface area (Å²) in [5.41, 5.74) is 4.77. The minimum atomic E-state index is -1.18. The summed E-state index contributed by atoms with van der Waals surface area (Å²) in [6, 6.07) is -1.13. The number of nitrogens with two attached hydrogens (primary N) is 1. The standard InChI is InChI=1S/C3H7NO3.CH3NO2/c4-2(1-5)3(6)7;1-2(3)4/h2,5H,1,4H2,(H,6,7);1H3/t2-;/m0./s1. The smallest absolute Gasteiger partial charge is 0.322 e. The number of nitro groups is 1. The Hall–Kier alpha value is -1.21. The summed E-state index contributed by atoms with van der Waals surface area (Å²) in [5.74, 6) is -1.18. The van der Waals surface area contributed by atoms with Gasteiger partial charge in [-0.25, -0.2) is 0 Å². The van der Waals surface area contributed by atoms with Crippen molar-refractivity contribution in [1.82, 2.24) is 0 Å². The van der Waals surface area contributed by atoms with Crippen molar-refractivity contribution >= 4 is 5.97 Å². The molecule has 1 atom stereocenters. The minimum Gasteiger partial charge on any atom is -0.480 e. The highest BCUT2D eigenvalue weighted by molar-refractivity contribution is 5.73. The summed E-state index contributed by atoms with van der Waals surface area (Å²) in [5, 5.41) is 24.7. The second-order valence-corrected chi connectivity index (χ2v) is 1.57. The van der Waals surface area contributed by atoms with Crippen molar-refractivity contribution in [3.8, 4) is 0 Å². The fraction of sp³-hybridized carbons (Fsp3) is 0.750. The summed E-state index contributed by atoms with van der Waals surface area (Å²) >= 11 is 0. The number of aliphatic carboxylic acids is 1. The molecular formula is C4H10N2O5. The molecule has 66 valence electrons. The van der Waals surface area contributed by atoms with E-state index in [-0.39, 0.29) is 0 Å². The van der Waals surface area contributed by atoms with Gasteiger partial charge in [0.15, 0.2) is 7.05 Å². The molecule has 0 aliphatic heterocycles. The Balaban J connectivity index is 0. The van der Waals surface area contributed by atoms with E-state index < -0.39 is 23.5 Å². The van der Waals surface area contributed by atoms with E-state index in [1.165, 1.54) is 0 Å². The second-order valence-electron chi connectivity index (χ2n) is 1.57. The van der Waals surface area contributed by atoms with Gasteiger partial charge >= 0.3 is 5.97 Å². The molecular weight excluding hydrogens is 156 g/mol. The maximum atomic E-state index is 9.65. The van der Waals surface area contributed by atoms with Crippen LogP contribution in [0.25, 0.3) is 0 Å². The molecule has 0 heterocycles. The van der Waals surface area contributed by atoms with E-state index in [1.807, 2.05) is 0 Å². The van der Waals surface area contributed by atoms with Gasteiger partial charge in [-0.2, -0.15) is 0 Å². The molecule has 0 saturated heterocycles. The molecule has 0 spiro atoms. The van der Waals surface area contributed by atoms with Crippen molar-refractivity contribution in [1.29, 1.82) is 0 Å². The van der Waals surface area contributed by atoms with Gasteiger partial charge in [-0.15, -0.1) is 0 Å². The first-order valence-electron chi connectivity index (χ1n) is 2.59. The van der Waals surface area contributed by atoms with Crippen molar-refractivity contribution in [2.45, 2.75) is 6.04 Å². The Bertz CT molecular complexity index is 132. The number of aliphatic hydroxyl groups is 1. The first kappa shape index (κ1) is 12.5. The molecule has 0 bridgehead atoms. The van der Waals surface area contributed by atoms with Crippen LogP contribution in [-0.2, 0) is 4.79 Å². The number of aliphatic hydroxyl groups excluding tert-OH is 1. The number of carbonyl (C=O) groups is 1. The molecule has 0 aromatic carbocycles. The summed E-state index contributed by atoms with van der Waals surface area (Å²) < 4.78 is 0. The highest BCUT2D eigenvalue weighted by Crippen LogP contribution is 1.71. The maximum absolute atomic E-state index is 9.65. The number of carboxylic acid groups (broad SMARTS) is 1. The number of carboxylic acids is 1. The molecule has 0 rings (SSSR count). The van der Waals surface area contributed by atoms with Crippen molar-refractivity contribution in [3.63, 3.8) is 0 Å². The van der Waals surface area contributed by atoms with Crippen LogP contribution in [-0.4, -0.2) is 40.8 Å². The Morgan fingerprint density at radius 3 is 2.09 bits per heavy atom. The summed E-state index contributed by atoms with van der Waals surface area (Å²) in [7, 11) is 0.889. The van der Waals surface area contributed by atoms with E-state index >= 15 is 0 Å². The van der Waals surface area contributed by atoms with E-state index in [1.54, 1.807) is 0 Å². The second kappa shape index (κ2) is 6.90. The van der Waals surface area contributed by atoms with Crippen molar-refractivity contribution in [2.24, 2.45) is 5.73 Å². The average molecular weight is 166 g/mol. The number of rotatable bonds is 2. The lowest BCUT2D eigenvalue weighted by molar-refractivity contribution is -0.445. The van der Waals surface area contributed by atoms with Crippen LogP contribution < -0.4 is 5.73 Å². The van der Waals surface area contributed by atoms with Crippen LogP contribution >= 0.6 is 0 Å². The average Bonchev–Trinajstić information content (AvgIpc) is 1.85. The molecule has 0 radical (unpaired) electrons. The van der Waals surface area contributed by atoms with Gasteiger partial charge in [-0.1, -0.05) is 0 Å². The molecule has 7 nitrogen and oxygen atoms in total. The predicted octanol–water partition coefficient (Wildman–Crippen LogP) is -1.72. The van der Waals surface area contributed by atoms with Crippen molar-refractivity contribution in [2.75, 3.05) is 13.7 Å². The Morgan fingerprint density at radius 2 is 2.09 bits per heavy atom. The van der Waals surface area contributed by atoms with Crippen LogP contribution in [0.3, 0.4) is 0 Å². The van der Waals surface area contributed by atoms with Crippen LogP contribution in [0.1, 0.15) is 0 Å². The summed E-state index contributed by atoms with van der Waals surface area (Å²) in [6.07, 6.45) is 0. The summed E-state index contributed by atoms with van der Waals surface area (Å²) in [6.45, 7) is -0.505. The third-order valence-electron chi connectivity index (χ3n) is 0.514. The van der Waals surface area contributed by atoms with E-state index in [0.717, 1.165) is 7.05 Å². The first-order valence-corrected chi connectivity index (χ1v) is 2.59. The van der Waals surface area contributed by atoms with Crippen LogP contribution in [0.5, 0.6) is 0 Å². The van der Waals surface area contributed by atoms with Crippen molar-refractivity contribution in [3.05, 3.63) is 10.1 Å². The van der Waals surface area contributed by atoms with Gasteiger partial charge in [0.2, 0.25) is 0 Å². The molecule has 4 N–H and O–H groups in total. The van der Waals surface area contributed by atoms with E-state index in [2.05, 4.69) is 0 Å². The zero-order valence-electron chi connectivity index (χ0n) is 5.93. The van der Waals surface area contributed by atoms with Gasteiger partial charge in [-0.3, -0.25) is 14.9 Å². The molecule has 0 saturated carbocycles. The lowest BCUT2D eigenvalue weighted by Crippen LogP contribution is -2.33. The molecule has 7 heteroatoms. The van der Waals surface area contributed by atoms with Gasteiger partial charge < -0.3 is 15.9 Å². The van der Waals surface area contributed by atoms with Crippen LogP contribution in [0.2, 0.25) is 0 Å². The molecule has 0 amide bonds. The van der Waals surface area contributed by atoms with Crippen molar-refractivity contribution < 1.29 is 19.9 Å². The Kier molecular flexibility index (Phi) is 7.82. The zero-order chi connectivity index (χ0) is 9.44. The predicted molar refractivity (Wildman–Crippen MR) is 35.6 cm³/mol. The normalized spacial score (nSPS) is 10.8. The van der Waals surface area contributed by atoms with Crippen LogP contribution in [0.15, 0.2) is 0 Å². The van der Waals surface area contributed by atoms with E-state index in [9.17, 15) is 4.79 Å². The maximum Gasteiger partial charge on any atom is 0.322 e. The molecule has 0 aliphatic rings. The monoisotopic (exact) mass is 166 g/mol. The van der Waals surface area contributed by atoms with Gasteiger partial charge in [0.1, 0.15) is 6.04 Å². The lowest BCUT2D eigenvalue weighted by atomic mass is 10.3. The van der Waals surface area contributed by atoms with Gasteiger partial charge in [0, 0.05) is 4.92 Å². The number of nitrogens with zero attached hydrogens (tertiary/aromatic N) is 1. The quantitative estimate of drug-likeness (QED) is 0.331. The largest absolute Gasteiger partial charge is 0.480 e. The first-order chi connectivity index (χ1) is 4.91. The fourth-order valence-corrected chi connectivity index (χ4v) is 0.0781. The van der Waals surface area contributed by atoms with Crippen LogP contribution in [0.4, 0.5) is 0 Å². The summed E-state index contributed by atoms with van der Waals surface area (Å²) in [4.78, 5) is 18.0. The lowest BCUT2D eigenvalue weighted by Gasteiger charge is -1.96. The Morgan fingerprint density at radius 1 is 1.82 bits per heavy atom. The topological polar surface area (TPSA) is 127 Å². The minimum absolute atomic E-state index is 0.500. The molecule has 0 aromatic rings. The number of hydrogen-bond acceptors (Lipinski definition) is 5. The zero-order valence-corrected chi connectivity index (χ0v) is 5.93. The third-order valence-corrected chi connectivity index (χ3v) is 0.514. The number of hydrogen-bond donors (Lipinski definition) is 3. The van der Waals surface area contributed by atoms with E-state index in [4.69, 9.17) is 26.1 Å². The van der Waals surface area contributed by atoms with Gasteiger partial charge in [-0.05, 0) is 0 Å². The third kappa shape index (κ3) is 17.7. The van der Waals surface area contributed by atoms with E-state index in [0.29, 0.717) is 0 Å². The fourth-order valence-electron chi connectivity index (χ4n) is 0.0781. The Labute approximate surface area is 62.6 Å². The van der Waals surface area contributed by atoms with Crippen LogP contribution in [0, 0.1) is 10.1 Å². The SMILES string of the molecule is C[N+](=O)[O-].N[C@@H](CO)C(=O)O. The molecule has 0 aromatic heterocycles. The highest BCUT2D eigenvalue weighted by Gasteiger charge is 2.06. The molecule has 0 unspecified atom stereocenters. The highest BCUT2D eigenvalue weighted by atomic mass is 16.6.